The van der Waals surface area contributed by atoms with Crippen LogP contribution in [0.25, 0.3) is 0 Å². The molecular formula is C14H20BrNO2. The van der Waals surface area contributed by atoms with Crippen molar-refractivity contribution in [3.8, 4) is 0 Å². The minimum absolute atomic E-state index is 0.174. The lowest BCUT2D eigenvalue weighted by Gasteiger charge is -2.38. The van der Waals surface area contributed by atoms with Crippen molar-refractivity contribution in [3.63, 3.8) is 0 Å². The van der Waals surface area contributed by atoms with Crippen LogP contribution >= 0.6 is 15.9 Å². The number of halogens is 1. The van der Waals surface area contributed by atoms with E-state index in [2.05, 4.69) is 21.2 Å². The zero-order chi connectivity index (χ0) is 14.1. The predicted molar refractivity (Wildman–Crippen MR) is 76.7 cm³/mol. The lowest BCUT2D eigenvalue weighted by atomic mass is 9.85. The quantitative estimate of drug-likeness (QED) is 0.901. The van der Waals surface area contributed by atoms with Gasteiger partial charge in [0.1, 0.15) is 0 Å². The highest BCUT2D eigenvalue weighted by Crippen LogP contribution is 2.22. The molecule has 0 radical (unpaired) electrons. The molecule has 0 fully saturated rings. The van der Waals surface area contributed by atoms with Crippen LogP contribution in [-0.4, -0.2) is 22.2 Å². The summed E-state index contributed by atoms with van der Waals surface area (Å²) in [6.45, 7) is 8.86. The van der Waals surface area contributed by atoms with Gasteiger partial charge in [-0.05, 0) is 58.4 Å². The van der Waals surface area contributed by atoms with Crippen molar-refractivity contribution in [2.24, 2.45) is 0 Å². The van der Waals surface area contributed by atoms with Crippen LogP contribution in [0.5, 0.6) is 0 Å². The van der Waals surface area contributed by atoms with E-state index < -0.39 is 11.1 Å². The molecule has 0 atom stereocenters. The van der Waals surface area contributed by atoms with Crippen LogP contribution < -0.4 is 5.32 Å². The third kappa shape index (κ3) is 3.33. The number of carbonyl (C=O) groups excluding carboxylic acids is 1. The zero-order valence-corrected chi connectivity index (χ0v) is 13.1. The fourth-order valence-corrected chi connectivity index (χ4v) is 1.86. The number of carbonyl (C=O) groups is 1. The van der Waals surface area contributed by atoms with Crippen molar-refractivity contribution >= 4 is 21.8 Å². The molecule has 1 aromatic carbocycles. The molecule has 3 nitrogen and oxygen atoms in total. The molecule has 1 amide bonds. The first kappa shape index (κ1) is 15.2. The summed E-state index contributed by atoms with van der Waals surface area (Å²) < 4.78 is 0.943. The Morgan fingerprint density at radius 2 is 1.83 bits per heavy atom. The number of benzene rings is 1. The smallest absolute Gasteiger partial charge is 0.252 e. The van der Waals surface area contributed by atoms with Gasteiger partial charge in [-0.25, -0.2) is 0 Å². The topological polar surface area (TPSA) is 49.3 Å². The third-order valence-corrected chi connectivity index (χ3v) is 3.88. The maximum atomic E-state index is 12.2. The van der Waals surface area contributed by atoms with E-state index in [0.29, 0.717) is 5.56 Å². The molecule has 0 saturated carbocycles. The summed E-state index contributed by atoms with van der Waals surface area (Å²) in [6, 6.07) is 5.50. The molecule has 1 aromatic rings. The van der Waals surface area contributed by atoms with Gasteiger partial charge in [0.05, 0.1) is 11.1 Å². The molecule has 0 aromatic heterocycles. The third-order valence-electron chi connectivity index (χ3n) is 3.39. The standard InChI is InChI=1S/C14H20BrNO2/c1-9-8-10(15)6-7-11(9)12(17)16-13(2,3)14(4,5)18/h6-8,18H,1-5H3,(H,16,17). The molecule has 0 heterocycles. The van der Waals surface area contributed by atoms with E-state index in [0.717, 1.165) is 10.0 Å². The molecule has 0 unspecified atom stereocenters. The highest BCUT2D eigenvalue weighted by molar-refractivity contribution is 9.10. The van der Waals surface area contributed by atoms with E-state index >= 15 is 0 Å². The van der Waals surface area contributed by atoms with Crippen molar-refractivity contribution in [1.82, 2.24) is 5.32 Å². The number of aliphatic hydroxyl groups is 1. The summed E-state index contributed by atoms with van der Waals surface area (Å²) in [7, 11) is 0. The Hall–Kier alpha value is -0.870. The van der Waals surface area contributed by atoms with Gasteiger partial charge >= 0.3 is 0 Å². The van der Waals surface area contributed by atoms with Crippen LogP contribution in [0.1, 0.15) is 43.6 Å². The van der Waals surface area contributed by atoms with Crippen LogP contribution in [-0.2, 0) is 0 Å². The average Bonchev–Trinajstić information content (AvgIpc) is 2.14. The van der Waals surface area contributed by atoms with E-state index in [1.807, 2.05) is 19.1 Å². The summed E-state index contributed by atoms with van der Waals surface area (Å²) in [4.78, 5) is 12.2. The molecule has 0 aliphatic heterocycles. The Balaban J connectivity index is 2.96. The van der Waals surface area contributed by atoms with Gasteiger partial charge in [-0.2, -0.15) is 0 Å². The minimum Gasteiger partial charge on any atom is -0.388 e. The molecule has 0 aliphatic rings. The number of hydrogen-bond acceptors (Lipinski definition) is 2. The van der Waals surface area contributed by atoms with Crippen molar-refractivity contribution in [3.05, 3.63) is 33.8 Å². The summed E-state index contributed by atoms with van der Waals surface area (Å²) >= 11 is 3.37. The van der Waals surface area contributed by atoms with E-state index in [1.165, 1.54) is 0 Å². The molecule has 100 valence electrons. The van der Waals surface area contributed by atoms with Gasteiger partial charge in [-0.1, -0.05) is 15.9 Å². The summed E-state index contributed by atoms with van der Waals surface area (Å²) in [5.41, 5.74) is -0.181. The van der Waals surface area contributed by atoms with E-state index in [4.69, 9.17) is 0 Å². The van der Waals surface area contributed by atoms with Crippen LogP contribution in [0.4, 0.5) is 0 Å². The number of nitrogens with one attached hydrogen (secondary N) is 1. The van der Waals surface area contributed by atoms with E-state index in [1.54, 1.807) is 33.8 Å². The van der Waals surface area contributed by atoms with Gasteiger partial charge in [-0.15, -0.1) is 0 Å². The first-order chi connectivity index (χ1) is 8.04. The second-order valence-electron chi connectivity index (χ2n) is 5.60. The number of rotatable bonds is 3. The Labute approximate surface area is 117 Å². The van der Waals surface area contributed by atoms with Gasteiger partial charge in [0.15, 0.2) is 0 Å². The molecule has 2 N–H and O–H groups in total. The molecule has 0 bridgehead atoms. The molecule has 18 heavy (non-hydrogen) atoms. The fraction of sp³-hybridized carbons (Fsp3) is 0.500. The Morgan fingerprint density at radius 1 is 1.28 bits per heavy atom. The lowest BCUT2D eigenvalue weighted by Crippen LogP contribution is -2.57. The lowest BCUT2D eigenvalue weighted by molar-refractivity contribution is -0.00294. The molecule has 0 spiro atoms. The molecular weight excluding hydrogens is 294 g/mol. The van der Waals surface area contributed by atoms with Crippen LogP contribution in [0.2, 0.25) is 0 Å². The second-order valence-corrected chi connectivity index (χ2v) is 6.51. The van der Waals surface area contributed by atoms with Gasteiger partial charge in [0, 0.05) is 10.0 Å². The first-order valence-electron chi connectivity index (χ1n) is 5.85. The molecule has 4 heteroatoms. The van der Waals surface area contributed by atoms with E-state index in [-0.39, 0.29) is 5.91 Å². The number of aryl methyl sites for hydroxylation is 1. The fourth-order valence-electron chi connectivity index (χ4n) is 1.39. The highest BCUT2D eigenvalue weighted by Gasteiger charge is 2.36. The van der Waals surface area contributed by atoms with Crippen molar-refractivity contribution in [2.75, 3.05) is 0 Å². The largest absolute Gasteiger partial charge is 0.388 e. The van der Waals surface area contributed by atoms with Gasteiger partial charge < -0.3 is 10.4 Å². The molecule has 1 rings (SSSR count). The van der Waals surface area contributed by atoms with E-state index in [9.17, 15) is 9.90 Å². The average molecular weight is 314 g/mol. The highest BCUT2D eigenvalue weighted by atomic mass is 79.9. The molecule has 0 aliphatic carbocycles. The second kappa shape index (κ2) is 5.02. The van der Waals surface area contributed by atoms with Gasteiger partial charge in [-0.3, -0.25) is 4.79 Å². The Bertz CT molecular complexity index is 461. The van der Waals surface area contributed by atoms with Gasteiger partial charge in [0.2, 0.25) is 0 Å². The maximum absolute atomic E-state index is 12.2. The summed E-state index contributed by atoms with van der Waals surface area (Å²) in [6.07, 6.45) is 0. The van der Waals surface area contributed by atoms with Crippen LogP contribution in [0.3, 0.4) is 0 Å². The van der Waals surface area contributed by atoms with Crippen molar-refractivity contribution in [2.45, 2.75) is 45.8 Å². The number of hydrogen-bond donors (Lipinski definition) is 2. The first-order valence-corrected chi connectivity index (χ1v) is 6.65. The molecule has 0 saturated heterocycles. The SMILES string of the molecule is Cc1cc(Br)ccc1C(=O)NC(C)(C)C(C)(C)O. The summed E-state index contributed by atoms with van der Waals surface area (Å²) in [5, 5.41) is 12.9. The van der Waals surface area contributed by atoms with Crippen molar-refractivity contribution < 1.29 is 9.90 Å². The number of amides is 1. The maximum Gasteiger partial charge on any atom is 0.252 e. The van der Waals surface area contributed by atoms with Crippen LogP contribution in [0, 0.1) is 6.92 Å². The summed E-state index contributed by atoms with van der Waals surface area (Å²) in [5.74, 6) is -0.174. The zero-order valence-electron chi connectivity index (χ0n) is 11.5. The predicted octanol–water partition coefficient (Wildman–Crippen LogP) is 3.04. The van der Waals surface area contributed by atoms with Crippen LogP contribution in [0.15, 0.2) is 22.7 Å². The minimum atomic E-state index is -0.994. The normalized spacial score (nSPS) is 12.4. The monoisotopic (exact) mass is 313 g/mol. The Kier molecular flexibility index (Phi) is 4.23. The Morgan fingerprint density at radius 3 is 2.28 bits per heavy atom. The van der Waals surface area contributed by atoms with Crippen molar-refractivity contribution in [1.29, 1.82) is 0 Å². The van der Waals surface area contributed by atoms with Gasteiger partial charge in [0.25, 0.3) is 5.91 Å².